The van der Waals surface area contributed by atoms with Gasteiger partial charge < -0.3 is 10.2 Å². The third kappa shape index (κ3) is 3.43. The first-order chi connectivity index (χ1) is 9.08. The van der Waals surface area contributed by atoms with Crippen LogP contribution >= 0.6 is 0 Å². The predicted molar refractivity (Wildman–Crippen MR) is 75.4 cm³/mol. The molecule has 1 aromatic rings. The minimum absolute atomic E-state index is 0.0994. The Morgan fingerprint density at radius 1 is 1.32 bits per heavy atom. The molecule has 1 N–H and O–H groups in total. The number of amides is 1. The molecule has 0 atom stereocenters. The van der Waals surface area contributed by atoms with Gasteiger partial charge in [0.05, 0.1) is 11.3 Å². The summed E-state index contributed by atoms with van der Waals surface area (Å²) in [5, 5.41) is 2.87. The monoisotopic (exact) mass is 262 g/mol. The number of nitrogens with one attached hydrogen (secondary N) is 1. The normalized spacial score (nSPS) is 15.7. The molecular weight excluding hydrogens is 240 g/mol. The van der Waals surface area contributed by atoms with E-state index in [1.54, 1.807) is 6.20 Å². The van der Waals surface area contributed by atoms with Gasteiger partial charge in [0, 0.05) is 25.3 Å². The van der Waals surface area contributed by atoms with Gasteiger partial charge in [0.25, 0.3) is 5.91 Å². The van der Waals surface area contributed by atoms with Gasteiger partial charge in [0.15, 0.2) is 0 Å². The van der Waals surface area contributed by atoms with Crippen molar-refractivity contribution in [2.24, 2.45) is 0 Å². The number of aryl methyl sites for hydroxylation is 1. The zero-order valence-electron chi connectivity index (χ0n) is 11.9. The van der Waals surface area contributed by atoms with E-state index in [2.05, 4.69) is 20.2 Å². The maximum absolute atomic E-state index is 12.0. The lowest BCUT2D eigenvalue weighted by molar-refractivity contribution is 0.0941. The van der Waals surface area contributed by atoms with E-state index in [0.717, 1.165) is 24.7 Å². The molecule has 0 saturated carbocycles. The number of piperidine rings is 1. The van der Waals surface area contributed by atoms with Gasteiger partial charge in [0.2, 0.25) is 5.95 Å². The largest absolute Gasteiger partial charge is 0.350 e. The maximum Gasteiger partial charge on any atom is 0.254 e. The molecule has 1 aliphatic heterocycles. The highest BCUT2D eigenvalue weighted by molar-refractivity contribution is 5.95. The van der Waals surface area contributed by atoms with Crippen molar-refractivity contribution >= 4 is 11.9 Å². The Bertz CT molecular complexity index is 453. The Hall–Kier alpha value is -1.65. The van der Waals surface area contributed by atoms with Gasteiger partial charge in [0.1, 0.15) is 0 Å². The number of carbonyl (C=O) groups excluding carboxylic acids is 1. The van der Waals surface area contributed by atoms with Crippen LogP contribution in [0.3, 0.4) is 0 Å². The molecular formula is C14H22N4O. The molecule has 1 amide bonds. The summed E-state index contributed by atoms with van der Waals surface area (Å²) in [4.78, 5) is 23.0. The van der Waals surface area contributed by atoms with Crippen molar-refractivity contribution < 1.29 is 4.79 Å². The first-order valence-corrected chi connectivity index (χ1v) is 6.97. The Morgan fingerprint density at radius 3 is 2.58 bits per heavy atom. The molecule has 0 aliphatic carbocycles. The highest BCUT2D eigenvalue weighted by Crippen LogP contribution is 2.16. The Balaban J connectivity index is 2.14. The average molecular weight is 262 g/mol. The van der Waals surface area contributed by atoms with Gasteiger partial charge in [-0.3, -0.25) is 4.79 Å². The Kier molecular flexibility index (Phi) is 4.35. The summed E-state index contributed by atoms with van der Waals surface area (Å²) in [5.41, 5.74) is 1.31. The number of aromatic nitrogens is 2. The third-order valence-corrected chi connectivity index (χ3v) is 3.27. The highest BCUT2D eigenvalue weighted by atomic mass is 16.1. The summed E-state index contributed by atoms with van der Waals surface area (Å²) in [6.07, 6.45) is 5.31. The van der Waals surface area contributed by atoms with Crippen molar-refractivity contribution in [1.29, 1.82) is 0 Å². The molecule has 0 bridgehead atoms. The molecule has 1 aromatic heterocycles. The lowest BCUT2D eigenvalue weighted by Gasteiger charge is -2.26. The van der Waals surface area contributed by atoms with E-state index in [1.807, 2.05) is 20.8 Å². The fourth-order valence-corrected chi connectivity index (χ4v) is 2.26. The van der Waals surface area contributed by atoms with E-state index in [1.165, 1.54) is 19.3 Å². The van der Waals surface area contributed by atoms with Crippen LogP contribution in [0.15, 0.2) is 6.20 Å². The molecule has 0 radical (unpaired) electrons. The van der Waals surface area contributed by atoms with Crippen LogP contribution in [0.2, 0.25) is 0 Å². The molecule has 2 rings (SSSR count). The molecule has 104 valence electrons. The molecule has 1 aliphatic rings. The van der Waals surface area contributed by atoms with Crippen molar-refractivity contribution in [3.8, 4) is 0 Å². The minimum Gasteiger partial charge on any atom is -0.350 e. The van der Waals surface area contributed by atoms with Gasteiger partial charge in [-0.25, -0.2) is 9.97 Å². The fraction of sp³-hybridized carbons (Fsp3) is 0.643. The second kappa shape index (κ2) is 5.99. The number of anilines is 1. The summed E-state index contributed by atoms with van der Waals surface area (Å²) in [6.45, 7) is 7.77. The first kappa shape index (κ1) is 13.8. The van der Waals surface area contributed by atoms with Crippen molar-refractivity contribution in [3.05, 3.63) is 17.5 Å². The van der Waals surface area contributed by atoms with E-state index in [0.29, 0.717) is 5.56 Å². The quantitative estimate of drug-likeness (QED) is 0.904. The van der Waals surface area contributed by atoms with Crippen molar-refractivity contribution in [1.82, 2.24) is 15.3 Å². The van der Waals surface area contributed by atoms with Crippen LogP contribution in [0.1, 0.15) is 49.2 Å². The fourth-order valence-electron chi connectivity index (χ4n) is 2.26. The van der Waals surface area contributed by atoms with E-state index >= 15 is 0 Å². The van der Waals surface area contributed by atoms with E-state index in [9.17, 15) is 4.79 Å². The Labute approximate surface area is 114 Å². The first-order valence-electron chi connectivity index (χ1n) is 6.97. The molecule has 0 spiro atoms. The van der Waals surface area contributed by atoms with E-state index < -0.39 is 0 Å². The van der Waals surface area contributed by atoms with Gasteiger partial charge in [-0.1, -0.05) is 0 Å². The zero-order valence-corrected chi connectivity index (χ0v) is 11.9. The molecule has 2 heterocycles. The summed E-state index contributed by atoms with van der Waals surface area (Å²) >= 11 is 0. The smallest absolute Gasteiger partial charge is 0.254 e. The summed E-state index contributed by atoms with van der Waals surface area (Å²) in [5.74, 6) is 0.649. The van der Waals surface area contributed by atoms with Crippen LogP contribution < -0.4 is 10.2 Å². The second-order valence-electron chi connectivity index (χ2n) is 5.34. The van der Waals surface area contributed by atoms with Gasteiger partial charge in [-0.05, 0) is 40.0 Å². The molecule has 5 nitrogen and oxygen atoms in total. The summed E-state index contributed by atoms with van der Waals surface area (Å²) in [6, 6.07) is 0.119. The zero-order chi connectivity index (χ0) is 13.8. The van der Waals surface area contributed by atoms with Crippen LogP contribution in [0, 0.1) is 6.92 Å². The van der Waals surface area contributed by atoms with Gasteiger partial charge in [-0.15, -0.1) is 0 Å². The summed E-state index contributed by atoms with van der Waals surface area (Å²) < 4.78 is 0. The minimum atomic E-state index is -0.0994. The van der Waals surface area contributed by atoms with Crippen molar-refractivity contribution in [2.75, 3.05) is 18.0 Å². The number of carbonyl (C=O) groups is 1. The second-order valence-corrected chi connectivity index (χ2v) is 5.34. The maximum atomic E-state index is 12.0. The average Bonchev–Trinajstić information content (AvgIpc) is 2.38. The topological polar surface area (TPSA) is 58.1 Å². The van der Waals surface area contributed by atoms with E-state index in [4.69, 9.17) is 0 Å². The predicted octanol–water partition coefficient (Wildman–Crippen LogP) is 1.91. The van der Waals surface area contributed by atoms with Crippen LogP contribution in [-0.2, 0) is 0 Å². The van der Waals surface area contributed by atoms with Crippen molar-refractivity contribution in [3.63, 3.8) is 0 Å². The van der Waals surface area contributed by atoms with Crippen LogP contribution in [0.5, 0.6) is 0 Å². The molecule has 1 saturated heterocycles. The number of nitrogens with zero attached hydrogens (tertiary/aromatic N) is 3. The molecule has 19 heavy (non-hydrogen) atoms. The Morgan fingerprint density at radius 2 is 2.00 bits per heavy atom. The summed E-state index contributed by atoms with van der Waals surface area (Å²) in [7, 11) is 0. The van der Waals surface area contributed by atoms with Gasteiger partial charge in [-0.2, -0.15) is 0 Å². The molecule has 5 heteroatoms. The molecule has 0 unspecified atom stereocenters. The van der Waals surface area contributed by atoms with Crippen molar-refractivity contribution in [2.45, 2.75) is 46.1 Å². The number of hydrogen-bond acceptors (Lipinski definition) is 4. The lowest BCUT2D eigenvalue weighted by Crippen LogP contribution is -2.33. The van der Waals surface area contributed by atoms with Crippen LogP contribution in [0.25, 0.3) is 0 Å². The molecule has 0 aromatic carbocycles. The molecule has 1 fully saturated rings. The third-order valence-electron chi connectivity index (χ3n) is 3.27. The van der Waals surface area contributed by atoms with Crippen LogP contribution in [0.4, 0.5) is 5.95 Å². The van der Waals surface area contributed by atoms with E-state index in [-0.39, 0.29) is 11.9 Å². The number of hydrogen-bond donors (Lipinski definition) is 1. The van der Waals surface area contributed by atoms with Crippen LogP contribution in [-0.4, -0.2) is 35.0 Å². The lowest BCUT2D eigenvalue weighted by atomic mass is 10.1. The highest BCUT2D eigenvalue weighted by Gasteiger charge is 2.17. The number of rotatable bonds is 3. The SMILES string of the molecule is Cc1nc(N2CCCCC2)ncc1C(=O)NC(C)C. The van der Waals surface area contributed by atoms with Gasteiger partial charge >= 0.3 is 0 Å². The standard InChI is InChI=1S/C14H22N4O/c1-10(2)16-13(19)12-9-15-14(17-11(12)3)18-7-5-4-6-8-18/h9-10H,4-8H2,1-3H3,(H,16,19).